The van der Waals surface area contributed by atoms with Gasteiger partial charge in [0.25, 0.3) is 0 Å². The fraction of sp³-hybridized carbons (Fsp3) is 0.440. The van der Waals surface area contributed by atoms with Gasteiger partial charge in [-0.1, -0.05) is 63.6 Å². The summed E-state index contributed by atoms with van der Waals surface area (Å²) in [5.74, 6) is -0.937. The van der Waals surface area contributed by atoms with Gasteiger partial charge in [-0.2, -0.15) is 0 Å². The van der Waals surface area contributed by atoms with E-state index in [2.05, 4.69) is 33.9 Å². The highest BCUT2D eigenvalue weighted by Gasteiger charge is 2.37. The molecular formula is C25H33ClF2O2Si. The van der Waals surface area contributed by atoms with Gasteiger partial charge in [0.05, 0.1) is 17.7 Å². The highest BCUT2D eigenvalue weighted by Crippen LogP contribution is 2.36. The van der Waals surface area contributed by atoms with Crippen LogP contribution in [-0.2, 0) is 10.8 Å². The summed E-state index contributed by atoms with van der Waals surface area (Å²) in [5.41, 5.74) is 1.40. The fourth-order valence-corrected chi connectivity index (χ4v) is 4.09. The van der Waals surface area contributed by atoms with E-state index in [0.717, 1.165) is 0 Å². The lowest BCUT2D eigenvalue weighted by molar-refractivity contribution is 0.0577. The molecule has 2 aromatic carbocycles. The van der Waals surface area contributed by atoms with Crippen molar-refractivity contribution in [3.63, 3.8) is 0 Å². The van der Waals surface area contributed by atoms with Crippen LogP contribution in [0.3, 0.4) is 0 Å². The first-order valence-electron chi connectivity index (χ1n) is 10.5. The number of hydrogen-bond donors (Lipinski definition) is 1. The van der Waals surface area contributed by atoms with Gasteiger partial charge in [-0.25, -0.2) is 8.78 Å². The third-order valence-electron chi connectivity index (χ3n) is 6.14. The van der Waals surface area contributed by atoms with Crippen LogP contribution in [-0.4, -0.2) is 26.1 Å². The summed E-state index contributed by atoms with van der Waals surface area (Å²) in [4.78, 5) is 0. The minimum absolute atomic E-state index is 0.0678. The Morgan fingerprint density at radius 2 is 1.77 bits per heavy atom. The first kappa shape index (κ1) is 25.7. The summed E-state index contributed by atoms with van der Waals surface area (Å²) in [7, 11) is -1.95. The van der Waals surface area contributed by atoms with E-state index in [-0.39, 0.29) is 28.9 Å². The van der Waals surface area contributed by atoms with Gasteiger partial charge in [0.1, 0.15) is 11.6 Å². The van der Waals surface area contributed by atoms with Gasteiger partial charge in [0, 0.05) is 5.56 Å². The lowest BCUT2D eigenvalue weighted by Gasteiger charge is -2.37. The van der Waals surface area contributed by atoms with Gasteiger partial charge in [-0.3, -0.25) is 0 Å². The van der Waals surface area contributed by atoms with Gasteiger partial charge in [0.2, 0.25) is 0 Å². The predicted octanol–water partition coefficient (Wildman–Crippen LogP) is 7.35. The van der Waals surface area contributed by atoms with Crippen LogP contribution in [0, 0.1) is 17.6 Å². The third-order valence-corrected chi connectivity index (χ3v) is 11.0. The van der Waals surface area contributed by atoms with Crippen molar-refractivity contribution in [1.29, 1.82) is 0 Å². The minimum Gasteiger partial charge on any atom is -0.414 e. The molecule has 0 aromatic heterocycles. The molecule has 0 aliphatic carbocycles. The van der Waals surface area contributed by atoms with Crippen LogP contribution in [0.2, 0.25) is 23.2 Å². The topological polar surface area (TPSA) is 29.5 Å². The van der Waals surface area contributed by atoms with Crippen molar-refractivity contribution in [2.75, 3.05) is 6.61 Å². The molecule has 0 amide bonds. The maximum atomic E-state index is 14.6. The normalized spacial score (nSPS) is 14.8. The molecule has 1 N–H and O–H groups in total. The number of rotatable bonds is 8. The van der Waals surface area contributed by atoms with Crippen LogP contribution in [0.1, 0.15) is 44.4 Å². The molecule has 0 bridgehead atoms. The molecule has 0 radical (unpaired) electrons. The second-order valence-electron chi connectivity index (χ2n) is 9.64. The quantitative estimate of drug-likeness (QED) is 0.325. The van der Waals surface area contributed by atoms with Gasteiger partial charge in [0.15, 0.2) is 8.32 Å². The number of aliphatic hydroxyl groups is 1. The Balaban J connectivity index is 2.02. The Hall–Kier alpha value is -1.53. The standard InChI is InChI=1S/C25H33ClF2O2Si/c1-17(24(29)16-30-31(5,6)25(2,3)4)14-19-12-10-18(15-23(19)28)11-13-20-21(26)8-7-9-22(20)27/h7-13,15,17,24,29H,14,16H2,1-6H3/b13-11+/t17-,24-/m0/s1. The molecule has 2 atom stereocenters. The highest BCUT2D eigenvalue weighted by atomic mass is 35.5. The summed E-state index contributed by atoms with van der Waals surface area (Å²) in [5, 5.41) is 10.9. The number of halogens is 3. The molecule has 0 unspecified atom stereocenters. The largest absolute Gasteiger partial charge is 0.414 e. The van der Waals surface area contributed by atoms with E-state index in [1.165, 1.54) is 24.3 Å². The molecule has 0 saturated carbocycles. The molecule has 2 rings (SSSR count). The summed E-state index contributed by atoms with van der Waals surface area (Å²) in [6.45, 7) is 12.9. The minimum atomic E-state index is -1.95. The zero-order chi connectivity index (χ0) is 23.4. The Labute approximate surface area is 191 Å². The molecule has 6 heteroatoms. The molecule has 2 nitrogen and oxygen atoms in total. The van der Waals surface area contributed by atoms with Crippen LogP contribution in [0.4, 0.5) is 8.78 Å². The van der Waals surface area contributed by atoms with Crippen LogP contribution in [0.15, 0.2) is 36.4 Å². The van der Waals surface area contributed by atoms with Crippen molar-refractivity contribution in [3.8, 4) is 0 Å². The van der Waals surface area contributed by atoms with Gasteiger partial charge in [-0.05, 0) is 65.9 Å². The molecule has 0 spiro atoms. The first-order chi connectivity index (χ1) is 14.3. The molecule has 0 saturated heterocycles. The summed E-state index contributed by atoms with van der Waals surface area (Å²) < 4.78 is 34.6. The Morgan fingerprint density at radius 1 is 1.10 bits per heavy atom. The molecule has 170 valence electrons. The lowest BCUT2D eigenvalue weighted by atomic mass is 9.95. The summed E-state index contributed by atoms with van der Waals surface area (Å²) in [6.07, 6.45) is 2.90. The van der Waals surface area contributed by atoms with Crippen LogP contribution in [0.5, 0.6) is 0 Å². The van der Waals surface area contributed by atoms with E-state index in [4.69, 9.17) is 16.0 Å². The molecule has 31 heavy (non-hydrogen) atoms. The van der Waals surface area contributed by atoms with Crippen LogP contribution in [0.25, 0.3) is 12.2 Å². The zero-order valence-electron chi connectivity index (χ0n) is 19.2. The van der Waals surface area contributed by atoms with Crippen molar-refractivity contribution in [2.45, 2.75) is 58.4 Å². The van der Waals surface area contributed by atoms with E-state index in [1.54, 1.807) is 24.3 Å². The highest BCUT2D eigenvalue weighted by molar-refractivity contribution is 6.74. The monoisotopic (exact) mass is 466 g/mol. The number of hydrogen-bond acceptors (Lipinski definition) is 2. The molecule has 2 aromatic rings. The number of benzene rings is 2. The van der Waals surface area contributed by atoms with E-state index >= 15 is 0 Å². The summed E-state index contributed by atoms with van der Waals surface area (Å²) >= 11 is 6.02. The van der Waals surface area contributed by atoms with Crippen molar-refractivity contribution in [3.05, 3.63) is 69.7 Å². The van der Waals surface area contributed by atoms with Crippen LogP contribution >= 0.6 is 11.6 Å². The average molecular weight is 467 g/mol. The SMILES string of the molecule is C[C@@H](Cc1ccc(/C=C/c2c(F)cccc2Cl)cc1F)[C@@H](O)CO[Si](C)(C)C(C)(C)C. The second kappa shape index (κ2) is 10.4. The van der Waals surface area contributed by atoms with E-state index in [9.17, 15) is 13.9 Å². The Kier molecular flexibility index (Phi) is 8.62. The summed E-state index contributed by atoms with van der Waals surface area (Å²) in [6, 6.07) is 9.36. The molecule has 0 heterocycles. The lowest BCUT2D eigenvalue weighted by Crippen LogP contribution is -2.43. The van der Waals surface area contributed by atoms with E-state index in [0.29, 0.717) is 22.6 Å². The number of aliphatic hydroxyl groups excluding tert-OH is 1. The van der Waals surface area contributed by atoms with Gasteiger partial charge >= 0.3 is 0 Å². The predicted molar refractivity (Wildman–Crippen MR) is 129 cm³/mol. The fourth-order valence-electron chi connectivity index (χ4n) is 2.84. The van der Waals surface area contributed by atoms with Gasteiger partial charge in [-0.15, -0.1) is 0 Å². The Bertz CT molecular complexity index is 902. The van der Waals surface area contributed by atoms with Crippen LogP contribution < -0.4 is 0 Å². The van der Waals surface area contributed by atoms with E-state index in [1.807, 2.05) is 6.92 Å². The van der Waals surface area contributed by atoms with Crippen molar-refractivity contribution in [2.24, 2.45) is 5.92 Å². The Morgan fingerprint density at radius 3 is 2.35 bits per heavy atom. The average Bonchev–Trinajstić information content (AvgIpc) is 2.66. The first-order valence-corrected chi connectivity index (χ1v) is 13.8. The molecular weight excluding hydrogens is 434 g/mol. The van der Waals surface area contributed by atoms with Crippen molar-refractivity contribution in [1.82, 2.24) is 0 Å². The van der Waals surface area contributed by atoms with Crippen molar-refractivity contribution < 1.29 is 18.3 Å². The van der Waals surface area contributed by atoms with Crippen molar-refractivity contribution >= 4 is 32.1 Å². The third kappa shape index (κ3) is 6.98. The smallest absolute Gasteiger partial charge is 0.192 e. The molecule has 0 fully saturated rings. The molecule has 0 aliphatic heterocycles. The maximum Gasteiger partial charge on any atom is 0.192 e. The zero-order valence-corrected chi connectivity index (χ0v) is 20.9. The van der Waals surface area contributed by atoms with E-state index < -0.39 is 20.2 Å². The van der Waals surface area contributed by atoms with Gasteiger partial charge < -0.3 is 9.53 Å². The molecule has 0 aliphatic rings. The second-order valence-corrected chi connectivity index (χ2v) is 14.9. The maximum absolute atomic E-state index is 14.6.